The molecule has 168 valence electrons. The van der Waals surface area contributed by atoms with Crippen LogP contribution >= 0.6 is 24.8 Å². The van der Waals surface area contributed by atoms with Crippen LogP contribution in [0.4, 0.5) is 0 Å². The van der Waals surface area contributed by atoms with Crippen LogP contribution in [0.25, 0.3) is 11.1 Å². The van der Waals surface area contributed by atoms with Crippen molar-refractivity contribution in [2.24, 2.45) is 0 Å². The number of ether oxygens (including phenoxy) is 2. The molecule has 3 rings (SSSR count). The second-order valence-electron chi connectivity index (χ2n) is 7.96. The van der Waals surface area contributed by atoms with E-state index in [9.17, 15) is 0 Å². The Morgan fingerprint density at radius 2 is 1.73 bits per heavy atom. The van der Waals surface area contributed by atoms with Crippen LogP contribution in [0.1, 0.15) is 52.1 Å². The number of nitrogens with zero attached hydrogens (tertiary/aromatic N) is 3. The molecule has 1 aliphatic heterocycles. The molecule has 0 atom stereocenters. The van der Waals surface area contributed by atoms with Crippen LogP contribution in [0, 0.1) is 0 Å². The van der Waals surface area contributed by atoms with Gasteiger partial charge in [0.15, 0.2) is 0 Å². The molecule has 0 amide bonds. The Bertz CT molecular complexity index is 749. The monoisotopic (exact) mass is 455 g/mol. The minimum Gasteiger partial charge on any atom is -0.491 e. The number of hydrogen-bond donors (Lipinski definition) is 0. The van der Waals surface area contributed by atoms with E-state index in [1.54, 1.807) is 0 Å². The zero-order valence-corrected chi connectivity index (χ0v) is 20.1. The second-order valence-corrected chi connectivity index (χ2v) is 7.96. The van der Waals surface area contributed by atoms with E-state index in [-0.39, 0.29) is 37.0 Å². The quantitative estimate of drug-likeness (QED) is 0.518. The van der Waals surface area contributed by atoms with Crippen LogP contribution < -0.4 is 9.47 Å². The predicted octanol–water partition coefficient (Wildman–Crippen LogP) is 5.59. The zero-order chi connectivity index (χ0) is 19.9. The number of piperidine rings is 1. The van der Waals surface area contributed by atoms with Crippen LogP contribution in [0.15, 0.2) is 30.3 Å². The molecule has 1 aromatic carbocycles. The maximum absolute atomic E-state index is 6.18. The molecule has 1 aromatic heterocycles. The van der Waals surface area contributed by atoms with Gasteiger partial charge in [-0.2, -0.15) is 5.10 Å². The van der Waals surface area contributed by atoms with Crippen molar-refractivity contribution in [1.29, 1.82) is 0 Å². The van der Waals surface area contributed by atoms with Gasteiger partial charge in [-0.15, -0.1) is 29.9 Å². The van der Waals surface area contributed by atoms with Gasteiger partial charge in [0.05, 0.1) is 11.8 Å². The molecule has 2 heterocycles. The van der Waals surface area contributed by atoms with E-state index in [4.69, 9.17) is 9.47 Å². The highest BCUT2D eigenvalue weighted by atomic mass is 35.5. The van der Waals surface area contributed by atoms with Crippen LogP contribution in [0.3, 0.4) is 0 Å². The first kappa shape index (κ1) is 26.5. The van der Waals surface area contributed by atoms with Crippen molar-refractivity contribution in [1.82, 2.24) is 15.1 Å². The molecule has 0 N–H and O–H groups in total. The van der Waals surface area contributed by atoms with E-state index < -0.39 is 0 Å². The standard InChI is InChI=1S/C23H33N3O2.2ClH/c1-5-6-7-22-21(18-8-10-19(11-9-18)27-17(2)3)16-23(25-24-22)28-20-12-14-26(4)15-13-20;;/h8-11,16-17,20H,5-7,12-15H2,1-4H3;2*1H. The van der Waals surface area contributed by atoms with Crippen LogP contribution in [0.5, 0.6) is 11.6 Å². The van der Waals surface area contributed by atoms with Gasteiger partial charge in [-0.1, -0.05) is 25.5 Å². The fraction of sp³-hybridized carbons (Fsp3) is 0.565. The molecule has 0 saturated carbocycles. The number of likely N-dealkylation sites (tertiary alicyclic amines) is 1. The van der Waals surface area contributed by atoms with Crippen LogP contribution in [0.2, 0.25) is 0 Å². The van der Waals surface area contributed by atoms with E-state index >= 15 is 0 Å². The Morgan fingerprint density at radius 3 is 2.33 bits per heavy atom. The van der Waals surface area contributed by atoms with E-state index in [0.717, 1.165) is 67.8 Å². The van der Waals surface area contributed by atoms with Gasteiger partial charge in [0.25, 0.3) is 0 Å². The number of unbranched alkanes of at least 4 members (excludes halogenated alkanes) is 1. The third-order valence-electron chi connectivity index (χ3n) is 5.11. The van der Waals surface area contributed by atoms with Gasteiger partial charge in [-0.05, 0) is 64.3 Å². The van der Waals surface area contributed by atoms with Gasteiger partial charge in [0.2, 0.25) is 5.88 Å². The molecule has 1 saturated heterocycles. The minimum absolute atomic E-state index is 0. The van der Waals surface area contributed by atoms with Crippen molar-refractivity contribution in [3.8, 4) is 22.8 Å². The van der Waals surface area contributed by atoms with Crippen molar-refractivity contribution in [3.63, 3.8) is 0 Å². The van der Waals surface area contributed by atoms with Crippen LogP contribution in [-0.2, 0) is 6.42 Å². The Morgan fingerprint density at radius 1 is 1.07 bits per heavy atom. The highest BCUT2D eigenvalue weighted by Gasteiger charge is 2.19. The molecule has 0 bridgehead atoms. The lowest BCUT2D eigenvalue weighted by Gasteiger charge is -2.28. The van der Waals surface area contributed by atoms with Gasteiger partial charge in [0.1, 0.15) is 11.9 Å². The third kappa shape index (κ3) is 7.60. The summed E-state index contributed by atoms with van der Waals surface area (Å²) in [7, 11) is 2.16. The lowest BCUT2D eigenvalue weighted by molar-refractivity contribution is 0.109. The second kappa shape index (κ2) is 13.0. The summed E-state index contributed by atoms with van der Waals surface area (Å²) in [5.41, 5.74) is 3.28. The normalized spacial score (nSPS) is 14.7. The summed E-state index contributed by atoms with van der Waals surface area (Å²) in [5.74, 6) is 1.52. The van der Waals surface area contributed by atoms with E-state index in [2.05, 4.69) is 47.3 Å². The summed E-state index contributed by atoms with van der Waals surface area (Å²) in [6, 6.07) is 10.3. The largest absolute Gasteiger partial charge is 0.491 e. The van der Waals surface area contributed by atoms with Crippen molar-refractivity contribution in [3.05, 3.63) is 36.0 Å². The average molecular weight is 456 g/mol. The highest BCUT2D eigenvalue weighted by molar-refractivity contribution is 5.85. The Kier molecular flexibility index (Phi) is 11.5. The number of aryl methyl sites for hydroxylation is 1. The molecule has 30 heavy (non-hydrogen) atoms. The van der Waals surface area contributed by atoms with E-state index in [0.29, 0.717) is 5.88 Å². The Hall–Kier alpha value is -1.56. The number of aromatic nitrogens is 2. The molecular formula is C23H35Cl2N3O2. The molecule has 7 heteroatoms. The summed E-state index contributed by atoms with van der Waals surface area (Å²) in [5, 5.41) is 8.90. The number of rotatable bonds is 8. The maximum Gasteiger partial charge on any atom is 0.234 e. The van der Waals surface area contributed by atoms with Gasteiger partial charge < -0.3 is 14.4 Å². The highest BCUT2D eigenvalue weighted by Crippen LogP contribution is 2.29. The molecule has 1 fully saturated rings. The minimum atomic E-state index is 0. The summed E-state index contributed by atoms with van der Waals surface area (Å²) in [4.78, 5) is 2.34. The summed E-state index contributed by atoms with van der Waals surface area (Å²) >= 11 is 0. The molecule has 5 nitrogen and oxygen atoms in total. The van der Waals surface area contributed by atoms with Crippen molar-refractivity contribution in [2.75, 3.05) is 20.1 Å². The van der Waals surface area contributed by atoms with Gasteiger partial charge in [0, 0.05) is 24.7 Å². The molecular weight excluding hydrogens is 421 g/mol. The zero-order valence-electron chi connectivity index (χ0n) is 18.5. The number of hydrogen-bond acceptors (Lipinski definition) is 5. The lowest BCUT2D eigenvalue weighted by Crippen LogP contribution is -2.35. The van der Waals surface area contributed by atoms with E-state index in [1.807, 2.05) is 26.0 Å². The van der Waals surface area contributed by atoms with Crippen molar-refractivity contribution in [2.45, 2.75) is 65.1 Å². The first-order valence-electron chi connectivity index (χ1n) is 10.5. The van der Waals surface area contributed by atoms with Crippen LogP contribution in [-0.4, -0.2) is 47.4 Å². The first-order chi connectivity index (χ1) is 13.5. The summed E-state index contributed by atoms with van der Waals surface area (Å²) < 4.78 is 12.0. The molecule has 0 radical (unpaired) electrons. The lowest BCUT2D eigenvalue weighted by atomic mass is 10.0. The Balaban J connectivity index is 0.00000225. The van der Waals surface area contributed by atoms with Crippen molar-refractivity contribution < 1.29 is 9.47 Å². The van der Waals surface area contributed by atoms with E-state index in [1.165, 1.54) is 0 Å². The smallest absolute Gasteiger partial charge is 0.234 e. The van der Waals surface area contributed by atoms with Gasteiger partial charge in [-0.3, -0.25) is 0 Å². The average Bonchev–Trinajstić information content (AvgIpc) is 2.69. The molecule has 0 aliphatic carbocycles. The first-order valence-corrected chi connectivity index (χ1v) is 10.5. The number of benzene rings is 1. The topological polar surface area (TPSA) is 47.5 Å². The summed E-state index contributed by atoms with van der Waals surface area (Å²) in [6.45, 7) is 8.41. The third-order valence-corrected chi connectivity index (χ3v) is 5.11. The number of halogens is 2. The summed E-state index contributed by atoms with van der Waals surface area (Å²) in [6.07, 6.45) is 5.63. The maximum atomic E-state index is 6.18. The molecule has 2 aromatic rings. The molecule has 1 aliphatic rings. The Labute approximate surface area is 193 Å². The van der Waals surface area contributed by atoms with Gasteiger partial charge >= 0.3 is 0 Å². The molecule has 0 spiro atoms. The molecule has 0 unspecified atom stereocenters. The van der Waals surface area contributed by atoms with Gasteiger partial charge in [-0.25, -0.2) is 0 Å². The fourth-order valence-corrected chi connectivity index (χ4v) is 3.49. The predicted molar refractivity (Wildman–Crippen MR) is 127 cm³/mol. The van der Waals surface area contributed by atoms with Crippen molar-refractivity contribution >= 4 is 24.8 Å². The fourth-order valence-electron chi connectivity index (χ4n) is 3.49. The SMILES string of the molecule is CCCCc1nnc(OC2CCN(C)CC2)cc1-c1ccc(OC(C)C)cc1.Cl.Cl.